The van der Waals surface area contributed by atoms with E-state index in [2.05, 4.69) is 5.32 Å². The first-order valence-electron chi connectivity index (χ1n) is 6.70. The van der Waals surface area contributed by atoms with Gasteiger partial charge in [-0.2, -0.15) is 0 Å². The molecule has 0 bridgehead atoms. The van der Waals surface area contributed by atoms with Gasteiger partial charge in [-0.25, -0.2) is 4.39 Å². The van der Waals surface area contributed by atoms with Gasteiger partial charge in [0.1, 0.15) is 5.82 Å². The van der Waals surface area contributed by atoms with Crippen LogP contribution < -0.4 is 5.32 Å². The first-order valence-corrected chi connectivity index (χ1v) is 6.70. The molecule has 3 heteroatoms. The summed E-state index contributed by atoms with van der Waals surface area (Å²) >= 11 is 0. The lowest BCUT2D eigenvalue weighted by Gasteiger charge is -2.16. The highest BCUT2D eigenvalue weighted by atomic mass is 19.1. The third kappa shape index (κ3) is 3.56. The Kier molecular flexibility index (Phi) is 4.34. The highest BCUT2D eigenvalue weighted by Crippen LogP contribution is 2.18. The Morgan fingerprint density at radius 1 is 1.33 bits per heavy atom. The summed E-state index contributed by atoms with van der Waals surface area (Å²) in [5, 5.41) is 3.10. The number of hydrogen-bond acceptors (Lipinski definition) is 1. The van der Waals surface area contributed by atoms with Crippen LogP contribution in [0.5, 0.6) is 0 Å². The van der Waals surface area contributed by atoms with Gasteiger partial charge in [-0.1, -0.05) is 31.9 Å². The SMILES string of the molecule is CC(Cc1ccc(F)cc1)C(=O)NC1CCCC1. The Morgan fingerprint density at radius 2 is 1.94 bits per heavy atom. The number of amides is 1. The second-order valence-corrected chi connectivity index (χ2v) is 5.22. The normalized spacial score (nSPS) is 17.7. The van der Waals surface area contributed by atoms with Gasteiger partial charge >= 0.3 is 0 Å². The van der Waals surface area contributed by atoms with Crippen LogP contribution in [-0.4, -0.2) is 11.9 Å². The largest absolute Gasteiger partial charge is 0.353 e. The third-order valence-corrected chi connectivity index (χ3v) is 3.60. The average molecular weight is 249 g/mol. The van der Waals surface area contributed by atoms with E-state index in [0.717, 1.165) is 18.4 Å². The van der Waals surface area contributed by atoms with Crippen molar-refractivity contribution in [3.05, 3.63) is 35.6 Å². The summed E-state index contributed by atoms with van der Waals surface area (Å²) in [6.45, 7) is 1.92. The second-order valence-electron chi connectivity index (χ2n) is 5.22. The molecule has 0 spiro atoms. The maximum absolute atomic E-state index is 12.8. The average Bonchev–Trinajstić information content (AvgIpc) is 2.85. The molecule has 0 saturated heterocycles. The molecule has 0 heterocycles. The standard InChI is InChI=1S/C15H20FNO/c1-11(10-12-6-8-13(16)9-7-12)15(18)17-14-4-2-3-5-14/h6-9,11,14H,2-5,10H2,1H3,(H,17,18). The van der Waals surface area contributed by atoms with Gasteiger partial charge in [-0.15, -0.1) is 0 Å². The van der Waals surface area contributed by atoms with Crippen molar-refractivity contribution in [3.8, 4) is 0 Å². The van der Waals surface area contributed by atoms with Crippen LogP contribution in [0.1, 0.15) is 38.2 Å². The van der Waals surface area contributed by atoms with E-state index in [-0.39, 0.29) is 17.6 Å². The van der Waals surface area contributed by atoms with Gasteiger partial charge in [-0.3, -0.25) is 4.79 Å². The lowest BCUT2D eigenvalue weighted by Crippen LogP contribution is -2.37. The van der Waals surface area contributed by atoms with Crippen LogP contribution in [0.3, 0.4) is 0 Å². The summed E-state index contributed by atoms with van der Waals surface area (Å²) in [5.41, 5.74) is 1.01. The summed E-state index contributed by atoms with van der Waals surface area (Å²) in [5.74, 6) is -0.177. The molecule has 2 nitrogen and oxygen atoms in total. The van der Waals surface area contributed by atoms with Crippen molar-refractivity contribution in [1.82, 2.24) is 5.32 Å². The molecular weight excluding hydrogens is 229 g/mol. The Hall–Kier alpha value is -1.38. The van der Waals surface area contributed by atoms with E-state index in [1.165, 1.54) is 25.0 Å². The zero-order valence-electron chi connectivity index (χ0n) is 10.8. The molecule has 1 amide bonds. The summed E-state index contributed by atoms with van der Waals surface area (Å²) < 4.78 is 12.8. The molecule has 2 rings (SSSR count). The van der Waals surface area contributed by atoms with Gasteiger partial charge in [-0.05, 0) is 37.0 Å². The molecule has 98 valence electrons. The summed E-state index contributed by atoms with van der Waals surface area (Å²) in [4.78, 5) is 12.0. The Labute approximate surface area is 108 Å². The fourth-order valence-electron chi connectivity index (χ4n) is 2.48. The van der Waals surface area contributed by atoms with E-state index in [4.69, 9.17) is 0 Å². The highest BCUT2D eigenvalue weighted by Gasteiger charge is 2.20. The Morgan fingerprint density at radius 3 is 2.56 bits per heavy atom. The fraction of sp³-hybridized carbons (Fsp3) is 0.533. The van der Waals surface area contributed by atoms with Crippen LogP contribution in [-0.2, 0) is 11.2 Å². The van der Waals surface area contributed by atoms with Crippen LogP contribution in [0.15, 0.2) is 24.3 Å². The third-order valence-electron chi connectivity index (χ3n) is 3.60. The molecular formula is C15H20FNO. The predicted molar refractivity (Wildman–Crippen MR) is 69.7 cm³/mol. The first-order chi connectivity index (χ1) is 8.65. The first kappa shape index (κ1) is 13.1. The van der Waals surface area contributed by atoms with E-state index < -0.39 is 0 Å². The quantitative estimate of drug-likeness (QED) is 0.873. The van der Waals surface area contributed by atoms with Crippen molar-refractivity contribution in [2.45, 2.75) is 45.1 Å². The second kappa shape index (κ2) is 5.98. The molecule has 1 unspecified atom stereocenters. The van der Waals surface area contributed by atoms with Gasteiger partial charge in [0.15, 0.2) is 0 Å². The van der Waals surface area contributed by atoms with Crippen molar-refractivity contribution in [2.24, 2.45) is 5.92 Å². The number of halogens is 1. The van der Waals surface area contributed by atoms with Crippen LogP contribution in [0.4, 0.5) is 4.39 Å². The van der Waals surface area contributed by atoms with Gasteiger partial charge in [0.2, 0.25) is 5.91 Å². The molecule has 1 saturated carbocycles. The van der Waals surface area contributed by atoms with Crippen LogP contribution >= 0.6 is 0 Å². The van der Waals surface area contributed by atoms with Crippen molar-refractivity contribution >= 4 is 5.91 Å². The predicted octanol–water partition coefficient (Wildman–Crippen LogP) is 3.06. The molecule has 1 aromatic carbocycles. The zero-order chi connectivity index (χ0) is 13.0. The lowest BCUT2D eigenvalue weighted by atomic mass is 10.00. The van der Waals surface area contributed by atoms with E-state index in [1.54, 1.807) is 12.1 Å². The van der Waals surface area contributed by atoms with E-state index in [9.17, 15) is 9.18 Å². The molecule has 1 fully saturated rings. The van der Waals surface area contributed by atoms with Crippen molar-refractivity contribution in [1.29, 1.82) is 0 Å². The minimum Gasteiger partial charge on any atom is -0.353 e. The molecule has 0 radical (unpaired) electrons. The lowest BCUT2D eigenvalue weighted by molar-refractivity contribution is -0.125. The van der Waals surface area contributed by atoms with Crippen molar-refractivity contribution < 1.29 is 9.18 Å². The number of carbonyl (C=O) groups is 1. The molecule has 0 aromatic heterocycles. The van der Waals surface area contributed by atoms with Gasteiger partial charge in [0, 0.05) is 12.0 Å². The van der Waals surface area contributed by atoms with Crippen LogP contribution in [0.25, 0.3) is 0 Å². The molecule has 1 aromatic rings. The number of hydrogen-bond donors (Lipinski definition) is 1. The smallest absolute Gasteiger partial charge is 0.223 e. The number of carbonyl (C=O) groups excluding carboxylic acids is 1. The summed E-state index contributed by atoms with van der Waals surface area (Å²) in [6, 6.07) is 6.74. The number of nitrogens with one attached hydrogen (secondary N) is 1. The van der Waals surface area contributed by atoms with Gasteiger partial charge in [0.05, 0.1) is 0 Å². The van der Waals surface area contributed by atoms with Crippen LogP contribution in [0, 0.1) is 11.7 Å². The van der Waals surface area contributed by atoms with E-state index >= 15 is 0 Å². The summed E-state index contributed by atoms with van der Waals surface area (Å²) in [7, 11) is 0. The maximum atomic E-state index is 12.8. The minimum absolute atomic E-state index is 0.0592. The Balaban J connectivity index is 1.84. The van der Waals surface area contributed by atoms with Crippen molar-refractivity contribution in [3.63, 3.8) is 0 Å². The van der Waals surface area contributed by atoms with Gasteiger partial charge < -0.3 is 5.32 Å². The molecule has 1 aliphatic rings. The monoisotopic (exact) mass is 249 g/mol. The van der Waals surface area contributed by atoms with Crippen molar-refractivity contribution in [2.75, 3.05) is 0 Å². The Bertz CT molecular complexity index is 395. The minimum atomic E-state index is -0.234. The number of rotatable bonds is 4. The highest BCUT2D eigenvalue weighted by molar-refractivity contribution is 5.78. The van der Waals surface area contributed by atoms with Gasteiger partial charge in [0.25, 0.3) is 0 Å². The molecule has 0 aliphatic heterocycles. The topological polar surface area (TPSA) is 29.1 Å². The molecule has 1 aliphatic carbocycles. The maximum Gasteiger partial charge on any atom is 0.223 e. The van der Waals surface area contributed by atoms with E-state index in [1.807, 2.05) is 6.92 Å². The zero-order valence-corrected chi connectivity index (χ0v) is 10.8. The molecule has 18 heavy (non-hydrogen) atoms. The molecule has 1 atom stereocenters. The van der Waals surface area contributed by atoms with E-state index in [0.29, 0.717) is 12.5 Å². The summed E-state index contributed by atoms with van der Waals surface area (Å²) in [6.07, 6.45) is 5.32. The molecule has 1 N–H and O–H groups in total. The fourth-order valence-corrected chi connectivity index (χ4v) is 2.48. The van der Waals surface area contributed by atoms with Crippen LogP contribution in [0.2, 0.25) is 0 Å². The number of benzene rings is 1.